The molecule has 13 heavy (non-hydrogen) atoms. The van der Waals surface area contributed by atoms with Crippen LogP contribution < -0.4 is 11.3 Å². The van der Waals surface area contributed by atoms with Crippen LogP contribution in [-0.4, -0.2) is 27.6 Å². The molecule has 0 spiro atoms. The average Bonchev–Trinajstić information content (AvgIpc) is 2.51. The van der Waals surface area contributed by atoms with Crippen molar-refractivity contribution in [1.82, 2.24) is 15.0 Å². The van der Waals surface area contributed by atoms with Crippen molar-refractivity contribution in [1.29, 1.82) is 0 Å². The second-order valence-electron chi connectivity index (χ2n) is 2.98. The predicted octanol–water partition coefficient (Wildman–Crippen LogP) is 0.157. The van der Waals surface area contributed by atoms with Gasteiger partial charge in [0.05, 0.1) is 0 Å². The summed E-state index contributed by atoms with van der Waals surface area (Å²) in [5.74, 6) is 7.50. The molecule has 1 aromatic heterocycles. The average molecular weight is 200 g/mol. The van der Waals surface area contributed by atoms with E-state index in [2.05, 4.69) is 16.7 Å². The van der Waals surface area contributed by atoms with Gasteiger partial charge < -0.3 is 4.57 Å². The topological polar surface area (TPSA) is 55.9 Å². The normalized spacial score (nSPS) is 13.2. The Bertz CT molecular complexity index is 248. The summed E-state index contributed by atoms with van der Waals surface area (Å²) < 4.78 is 2.02. The Morgan fingerprint density at radius 1 is 1.77 bits per heavy atom. The molecule has 0 aliphatic rings. The van der Waals surface area contributed by atoms with E-state index in [9.17, 15) is 0 Å². The molecule has 1 rings (SSSR count). The molecule has 0 bridgehead atoms. The smallest absolute Gasteiger partial charge is 0.110 e. The van der Waals surface area contributed by atoms with E-state index in [4.69, 9.17) is 5.84 Å². The molecule has 0 fully saturated rings. The number of aryl methyl sites for hydroxylation is 1. The molecule has 0 amide bonds. The molecule has 5 heteroatoms. The van der Waals surface area contributed by atoms with E-state index in [1.807, 2.05) is 24.0 Å². The van der Waals surface area contributed by atoms with Crippen LogP contribution in [0.3, 0.4) is 0 Å². The van der Waals surface area contributed by atoms with Crippen LogP contribution in [0.4, 0.5) is 0 Å². The van der Waals surface area contributed by atoms with Gasteiger partial charge in [0.25, 0.3) is 0 Å². The van der Waals surface area contributed by atoms with Crippen LogP contribution >= 0.6 is 11.8 Å². The van der Waals surface area contributed by atoms with Gasteiger partial charge in [0.15, 0.2) is 0 Å². The van der Waals surface area contributed by atoms with Gasteiger partial charge >= 0.3 is 0 Å². The van der Waals surface area contributed by atoms with Crippen LogP contribution in [0.1, 0.15) is 5.82 Å². The van der Waals surface area contributed by atoms with Crippen LogP contribution in [-0.2, 0) is 13.5 Å². The summed E-state index contributed by atoms with van der Waals surface area (Å²) in [6.45, 7) is 0. The maximum atomic E-state index is 5.43. The summed E-state index contributed by atoms with van der Waals surface area (Å²) in [5.41, 5.74) is 2.79. The lowest BCUT2D eigenvalue weighted by Crippen LogP contribution is -2.39. The Kier molecular flexibility index (Phi) is 4.27. The van der Waals surface area contributed by atoms with E-state index in [0.29, 0.717) is 6.04 Å². The van der Waals surface area contributed by atoms with Crippen molar-refractivity contribution >= 4 is 11.8 Å². The third-order valence-corrected chi connectivity index (χ3v) is 2.69. The van der Waals surface area contributed by atoms with Gasteiger partial charge in [-0.15, -0.1) is 0 Å². The van der Waals surface area contributed by atoms with Crippen molar-refractivity contribution in [2.45, 2.75) is 12.5 Å². The number of imidazole rings is 1. The number of hydrazine groups is 1. The number of nitrogens with zero attached hydrogens (tertiary/aromatic N) is 2. The predicted molar refractivity (Wildman–Crippen MR) is 56.4 cm³/mol. The van der Waals surface area contributed by atoms with Crippen molar-refractivity contribution in [3.05, 3.63) is 18.2 Å². The van der Waals surface area contributed by atoms with Gasteiger partial charge in [-0.3, -0.25) is 11.3 Å². The Hall–Kier alpha value is -0.520. The summed E-state index contributed by atoms with van der Waals surface area (Å²) in [6.07, 6.45) is 6.70. The Balaban J connectivity index is 2.51. The summed E-state index contributed by atoms with van der Waals surface area (Å²) in [5, 5.41) is 0. The zero-order valence-electron chi connectivity index (χ0n) is 8.03. The van der Waals surface area contributed by atoms with Crippen molar-refractivity contribution < 1.29 is 0 Å². The number of nitrogens with two attached hydrogens (primary N) is 1. The lowest BCUT2D eigenvalue weighted by Gasteiger charge is -2.13. The summed E-state index contributed by atoms with van der Waals surface area (Å²) in [7, 11) is 2.00. The highest BCUT2D eigenvalue weighted by Crippen LogP contribution is 2.03. The van der Waals surface area contributed by atoms with Crippen molar-refractivity contribution in [3.8, 4) is 0 Å². The Morgan fingerprint density at radius 2 is 2.54 bits per heavy atom. The minimum atomic E-state index is 0.302. The third-order valence-electron chi connectivity index (χ3n) is 1.95. The molecule has 74 valence electrons. The van der Waals surface area contributed by atoms with Gasteiger partial charge in [-0.2, -0.15) is 11.8 Å². The standard InChI is InChI=1S/C8H16N4S/c1-12-4-3-10-8(12)5-7(11-9)6-13-2/h3-4,7,11H,5-6,9H2,1-2H3. The first-order valence-electron chi connectivity index (χ1n) is 4.19. The number of rotatable bonds is 5. The number of hydrogen-bond acceptors (Lipinski definition) is 4. The van der Waals surface area contributed by atoms with E-state index in [0.717, 1.165) is 18.0 Å². The lowest BCUT2D eigenvalue weighted by molar-refractivity contribution is 0.552. The zero-order chi connectivity index (χ0) is 9.68. The minimum absolute atomic E-state index is 0.302. The molecule has 0 radical (unpaired) electrons. The molecule has 1 aromatic rings. The van der Waals surface area contributed by atoms with Crippen LogP contribution in [0.25, 0.3) is 0 Å². The summed E-state index contributed by atoms with van der Waals surface area (Å²) >= 11 is 1.78. The van der Waals surface area contributed by atoms with E-state index in [-0.39, 0.29) is 0 Å². The van der Waals surface area contributed by atoms with Gasteiger partial charge in [-0.1, -0.05) is 0 Å². The Morgan fingerprint density at radius 3 is 3.00 bits per heavy atom. The van der Waals surface area contributed by atoms with Crippen LogP contribution in [0.5, 0.6) is 0 Å². The maximum Gasteiger partial charge on any atom is 0.110 e. The first kappa shape index (κ1) is 10.6. The summed E-state index contributed by atoms with van der Waals surface area (Å²) in [4.78, 5) is 4.24. The van der Waals surface area contributed by atoms with E-state index >= 15 is 0 Å². The van der Waals surface area contributed by atoms with Crippen molar-refractivity contribution in [2.75, 3.05) is 12.0 Å². The minimum Gasteiger partial charge on any atom is -0.338 e. The number of aromatic nitrogens is 2. The molecule has 4 nitrogen and oxygen atoms in total. The van der Waals surface area contributed by atoms with Gasteiger partial charge in [-0.25, -0.2) is 4.98 Å². The zero-order valence-corrected chi connectivity index (χ0v) is 8.84. The highest BCUT2D eigenvalue weighted by atomic mass is 32.2. The molecular formula is C8H16N4S. The van der Waals surface area contributed by atoms with Crippen LogP contribution in [0.15, 0.2) is 12.4 Å². The number of hydrogen-bond donors (Lipinski definition) is 2. The molecule has 0 saturated heterocycles. The van der Waals surface area contributed by atoms with Gasteiger partial charge in [0, 0.05) is 37.7 Å². The molecule has 1 atom stereocenters. The maximum absolute atomic E-state index is 5.43. The van der Waals surface area contributed by atoms with Crippen LogP contribution in [0.2, 0.25) is 0 Å². The second-order valence-corrected chi connectivity index (χ2v) is 3.89. The van der Waals surface area contributed by atoms with Gasteiger partial charge in [-0.05, 0) is 6.26 Å². The van der Waals surface area contributed by atoms with Crippen LogP contribution in [0, 0.1) is 0 Å². The molecule has 1 unspecified atom stereocenters. The van der Waals surface area contributed by atoms with Gasteiger partial charge in [0.1, 0.15) is 5.82 Å². The van der Waals surface area contributed by atoms with Gasteiger partial charge in [0.2, 0.25) is 0 Å². The molecule has 3 N–H and O–H groups in total. The monoisotopic (exact) mass is 200 g/mol. The fourth-order valence-electron chi connectivity index (χ4n) is 1.18. The number of thioether (sulfide) groups is 1. The Labute approximate surface area is 82.9 Å². The second kappa shape index (κ2) is 5.26. The molecular weight excluding hydrogens is 184 g/mol. The fraction of sp³-hybridized carbons (Fsp3) is 0.625. The van der Waals surface area contributed by atoms with E-state index < -0.39 is 0 Å². The highest BCUT2D eigenvalue weighted by molar-refractivity contribution is 7.98. The lowest BCUT2D eigenvalue weighted by atomic mass is 10.2. The molecule has 0 aromatic carbocycles. The molecule has 0 saturated carbocycles. The molecule has 0 aliphatic heterocycles. The SMILES string of the molecule is CSCC(Cc1nccn1C)NN. The summed E-state index contributed by atoms with van der Waals surface area (Å²) in [6, 6.07) is 0.302. The first-order valence-corrected chi connectivity index (χ1v) is 5.58. The quantitative estimate of drug-likeness (QED) is 0.525. The van der Waals surface area contributed by atoms with E-state index in [1.165, 1.54) is 0 Å². The molecule has 1 heterocycles. The largest absolute Gasteiger partial charge is 0.338 e. The molecule has 0 aliphatic carbocycles. The third kappa shape index (κ3) is 3.02. The van der Waals surface area contributed by atoms with Crippen molar-refractivity contribution in [3.63, 3.8) is 0 Å². The highest BCUT2D eigenvalue weighted by Gasteiger charge is 2.09. The van der Waals surface area contributed by atoms with Crippen molar-refractivity contribution in [2.24, 2.45) is 12.9 Å². The fourth-order valence-corrected chi connectivity index (χ4v) is 1.80. The number of nitrogens with one attached hydrogen (secondary N) is 1. The first-order chi connectivity index (χ1) is 6.27. The van der Waals surface area contributed by atoms with E-state index in [1.54, 1.807) is 11.8 Å².